The number of aromatic nitrogens is 2. The lowest BCUT2D eigenvalue weighted by Crippen LogP contribution is -2.02. The van der Waals surface area contributed by atoms with Crippen LogP contribution in [0, 0.1) is 29.2 Å². The van der Waals surface area contributed by atoms with E-state index in [9.17, 15) is 10.5 Å². The van der Waals surface area contributed by atoms with Gasteiger partial charge in [0.2, 0.25) is 0 Å². The van der Waals surface area contributed by atoms with Gasteiger partial charge in [0.1, 0.15) is 0 Å². The number of fused-ring (bicyclic) bond motifs is 6. The second-order valence-electron chi connectivity index (χ2n) is 12.3. The van der Waals surface area contributed by atoms with Crippen LogP contribution in [0.2, 0.25) is 0 Å². The van der Waals surface area contributed by atoms with Gasteiger partial charge in [0, 0.05) is 27.3 Å². The molecule has 5 heteroatoms. The van der Waals surface area contributed by atoms with Crippen LogP contribution in [0.15, 0.2) is 152 Å². The van der Waals surface area contributed by atoms with E-state index in [2.05, 4.69) is 98.9 Å². The summed E-state index contributed by atoms with van der Waals surface area (Å²) in [5.74, 6) is 0. The Morgan fingerprint density at radius 2 is 1.02 bits per heavy atom. The molecule has 0 amide bonds. The van der Waals surface area contributed by atoms with Crippen molar-refractivity contribution in [2.45, 2.75) is 0 Å². The molecule has 0 N–H and O–H groups in total. The van der Waals surface area contributed by atoms with Crippen LogP contribution in [-0.4, -0.2) is 9.13 Å². The lowest BCUT2D eigenvalue weighted by atomic mass is 9.91. The number of rotatable bonds is 4. The van der Waals surface area contributed by atoms with E-state index >= 15 is 0 Å². The second kappa shape index (κ2) is 11.4. The molecule has 2 aromatic heterocycles. The van der Waals surface area contributed by atoms with E-state index in [1.165, 1.54) is 0 Å². The third-order valence-electron chi connectivity index (χ3n) is 9.59. The summed E-state index contributed by atoms with van der Waals surface area (Å²) in [6.45, 7) is 7.68. The van der Waals surface area contributed by atoms with Crippen molar-refractivity contribution >= 4 is 49.3 Å². The van der Waals surface area contributed by atoms with Crippen molar-refractivity contribution in [1.82, 2.24) is 9.13 Å². The molecule has 230 valence electrons. The van der Waals surface area contributed by atoms with Crippen molar-refractivity contribution in [3.63, 3.8) is 0 Å². The summed E-state index contributed by atoms with van der Waals surface area (Å²) in [7, 11) is 0. The molecule has 50 heavy (non-hydrogen) atoms. The number of nitriles is 2. The average molecular weight is 636 g/mol. The predicted molar refractivity (Wildman–Crippen MR) is 202 cm³/mol. The van der Waals surface area contributed by atoms with Gasteiger partial charge in [-0.15, -0.1) is 0 Å². The molecule has 9 aromatic rings. The van der Waals surface area contributed by atoms with E-state index in [1.807, 2.05) is 78.9 Å². The number of hydrogen-bond donors (Lipinski definition) is 0. The van der Waals surface area contributed by atoms with E-state index in [-0.39, 0.29) is 0 Å². The van der Waals surface area contributed by atoms with Crippen LogP contribution in [0.1, 0.15) is 11.1 Å². The lowest BCUT2D eigenvalue weighted by Gasteiger charge is -2.21. The van der Waals surface area contributed by atoms with E-state index in [4.69, 9.17) is 6.57 Å². The minimum absolute atomic E-state index is 0.580. The van der Waals surface area contributed by atoms with Crippen molar-refractivity contribution in [3.8, 4) is 45.8 Å². The number of benzene rings is 7. The van der Waals surface area contributed by atoms with Crippen LogP contribution in [0.4, 0.5) is 5.69 Å². The summed E-state index contributed by atoms with van der Waals surface area (Å²) in [6.07, 6.45) is 0. The molecule has 0 aliphatic carbocycles. The van der Waals surface area contributed by atoms with E-state index in [0.717, 1.165) is 77.2 Å². The fourth-order valence-electron chi connectivity index (χ4n) is 7.49. The maximum Gasteiger partial charge on any atom is 0.188 e. The Bertz CT molecular complexity index is 2970. The molecule has 0 unspecified atom stereocenters. The van der Waals surface area contributed by atoms with Crippen LogP contribution in [-0.2, 0) is 0 Å². The van der Waals surface area contributed by atoms with Gasteiger partial charge >= 0.3 is 0 Å². The minimum atomic E-state index is 0.580. The van der Waals surface area contributed by atoms with Gasteiger partial charge in [-0.2, -0.15) is 10.5 Å². The maximum atomic E-state index is 9.99. The normalized spacial score (nSPS) is 11.1. The molecule has 0 saturated heterocycles. The van der Waals surface area contributed by atoms with E-state index in [1.54, 1.807) is 0 Å². The van der Waals surface area contributed by atoms with Crippen LogP contribution >= 0.6 is 0 Å². The summed E-state index contributed by atoms with van der Waals surface area (Å²) < 4.78 is 4.57. The lowest BCUT2D eigenvalue weighted by molar-refractivity contribution is 1.17. The van der Waals surface area contributed by atoms with Gasteiger partial charge in [0.15, 0.2) is 5.69 Å². The zero-order chi connectivity index (χ0) is 33.8. The van der Waals surface area contributed by atoms with E-state index < -0.39 is 0 Å². The van der Waals surface area contributed by atoms with Crippen molar-refractivity contribution in [3.05, 3.63) is 174 Å². The molecular formula is C45H25N5. The largest absolute Gasteiger partial charge is 0.309 e. The van der Waals surface area contributed by atoms with Crippen LogP contribution in [0.25, 0.3) is 82.1 Å². The zero-order valence-electron chi connectivity index (χ0n) is 26.7. The molecule has 9 rings (SSSR count). The summed E-state index contributed by atoms with van der Waals surface area (Å²) in [4.78, 5) is 3.73. The second-order valence-corrected chi connectivity index (χ2v) is 12.3. The van der Waals surface area contributed by atoms with Crippen molar-refractivity contribution in [2.24, 2.45) is 0 Å². The van der Waals surface area contributed by atoms with Gasteiger partial charge in [-0.05, 0) is 83.2 Å². The first-order valence-corrected chi connectivity index (χ1v) is 16.3. The highest BCUT2D eigenvalue weighted by Crippen LogP contribution is 2.44. The maximum absolute atomic E-state index is 9.99. The van der Waals surface area contributed by atoms with Gasteiger partial charge in [0.25, 0.3) is 0 Å². The highest BCUT2D eigenvalue weighted by molar-refractivity contribution is 6.12. The monoisotopic (exact) mass is 635 g/mol. The number of hydrogen-bond acceptors (Lipinski definition) is 2. The van der Waals surface area contributed by atoms with Gasteiger partial charge in [-0.3, -0.25) is 0 Å². The summed E-state index contributed by atoms with van der Waals surface area (Å²) in [5, 5.41) is 23.9. The minimum Gasteiger partial charge on any atom is -0.309 e. The first kappa shape index (κ1) is 28.8. The Morgan fingerprint density at radius 3 is 1.76 bits per heavy atom. The summed E-state index contributed by atoms with van der Waals surface area (Å²) in [6, 6.07) is 55.7. The third kappa shape index (κ3) is 4.31. The van der Waals surface area contributed by atoms with Gasteiger partial charge < -0.3 is 9.13 Å². The van der Waals surface area contributed by atoms with Crippen molar-refractivity contribution in [2.75, 3.05) is 0 Å². The fraction of sp³-hybridized carbons (Fsp3) is 0. The van der Waals surface area contributed by atoms with Crippen LogP contribution in [0.3, 0.4) is 0 Å². The molecule has 0 spiro atoms. The fourth-order valence-corrected chi connectivity index (χ4v) is 7.49. The average Bonchev–Trinajstić information content (AvgIpc) is 3.69. The third-order valence-corrected chi connectivity index (χ3v) is 9.59. The summed E-state index contributed by atoms with van der Waals surface area (Å²) in [5.41, 5.74) is 11.8. The first-order valence-electron chi connectivity index (χ1n) is 16.3. The van der Waals surface area contributed by atoms with Gasteiger partial charge in [0.05, 0.1) is 63.3 Å². The molecule has 7 aromatic carbocycles. The molecule has 0 saturated carbocycles. The Balaban J connectivity index is 1.40. The van der Waals surface area contributed by atoms with Gasteiger partial charge in [-0.25, -0.2) is 4.85 Å². The SMILES string of the molecule is [C-]#[N+]c1ccc2c(c1)c1ccccc1n2-c1cccc(-c2ccccc2-n2c3ccccc3c3cc(C#N)ccc32)c1-c1cccc(C#N)c1. The topological polar surface area (TPSA) is 61.8 Å². The Labute approximate surface area is 288 Å². The molecular weight excluding hydrogens is 611 g/mol. The molecule has 0 bridgehead atoms. The van der Waals surface area contributed by atoms with Crippen molar-refractivity contribution in [1.29, 1.82) is 10.5 Å². The molecule has 0 atom stereocenters. The Hall–Kier alpha value is -7.39. The van der Waals surface area contributed by atoms with E-state index in [0.29, 0.717) is 16.8 Å². The molecule has 0 aliphatic rings. The molecule has 5 nitrogen and oxygen atoms in total. The number of nitrogens with zero attached hydrogens (tertiary/aromatic N) is 5. The standard InChI is InChI=1S/C45H25N5/c1-48-32-21-23-43-38(26-32)35-14-4-7-18-41(35)50(43)44-19-9-15-36(45(44)31-11-8-10-29(24-31)27-46)33-12-2-5-16-39(33)49-40-17-6-3-13-34(40)37-25-30(28-47)20-22-42(37)49/h2-26H. The van der Waals surface area contributed by atoms with Crippen LogP contribution in [0.5, 0.6) is 0 Å². The van der Waals surface area contributed by atoms with Crippen LogP contribution < -0.4 is 0 Å². The van der Waals surface area contributed by atoms with Gasteiger partial charge in [-0.1, -0.05) is 84.9 Å². The van der Waals surface area contributed by atoms with Crippen molar-refractivity contribution < 1.29 is 0 Å². The smallest absolute Gasteiger partial charge is 0.188 e. The quantitative estimate of drug-likeness (QED) is 0.181. The molecule has 0 aliphatic heterocycles. The summed E-state index contributed by atoms with van der Waals surface area (Å²) >= 11 is 0. The zero-order valence-corrected chi connectivity index (χ0v) is 26.7. The number of para-hydroxylation sites is 3. The molecule has 0 fully saturated rings. The predicted octanol–water partition coefficient (Wildman–Crippen LogP) is 11.5. The Kier molecular flexibility index (Phi) is 6.56. The highest BCUT2D eigenvalue weighted by Gasteiger charge is 2.22. The Morgan fingerprint density at radius 1 is 0.460 bits per heavy atom. The highest BCUT2D eigenvalue weighted by atomic mass is 15.0. The molecule has 0 radical (unpaired) electrons. The first-order chi connectivity index (χ1) is 24.7. The molecule has 2 heterocycles.